The smallest absolute Gasteiger partial charge is 0.312 e. The largest absolute Gasteiger partial charge is 0.364 e. The molecule has 7 heteroatoms. The molecule has 1 aromatic heterocycles. The molecule has 0 bridgehead atoms. The summed E-state index contributed by atoms with van der Waals surface area (Å²) in [4.78, 5) is 17.0. The van der Waals surface area contributed by atoms with E-state index < -0.39 is 4.92 Å². The molecule has 0 amide bonds. The van der Waals surface area contributed by atoms with Gasteiger partial charge in [0.15, 0.2) is 0 Å². The van der Waals surface area contributed by atoms with Crippen LogP contribution in [0.2, 0.25) is 0 Å². The number of nitro groups is 1. The van der Waals surface area contributed by atoms with E-state index in [9.17, 15) is 10.1 Å². The fraction of sp³-hybridized carbons (Fsp3) is 0.583. The van der Waals surface area contributed by atoms with Crippen LogP contribution in [-0.2, 0) is 0 Å². The Hall–Kier alpha value is -1.21. The molecule has 0 radical (unpaired) electrons. The van der Waals surface area contributed by atoms with Gasteiger partial charge in [-0.1, -0.05) is 0 Å². The lowest BCUT2D eigenvalue weighted by Crippen LogP contribution is -2.22. The predicted octanol–water partition coefficient (Wildman–Crippen LogP) is 2.65. The van der Waals surface area contributed by atoms with E-state index in [1.807, 2.05) is 0 Å². The number of hydrogen-bond donors (Lipinski definition) is 1. The van der Waals surface area contributed by atoms with Gasteiger partial charge in [0.1, 0.15) is 0 Å². The van der Waals surface area contributed by atoms with Gasteiger partial charge in [-0.25, -0.2) is 4.98 Å². The Morgan fingerprint density at radius 2 is 2.21 bits per heavy atom. The zero-order chi connectivity index (χ0) is 13.7. The van der Waals surface area contributed by atoms with Gasteiger partial charge in [-0.15, -0.1) is 0 Å². The third kappa shape index (κ3) is 4.14. The predicted molar refractivity (Wildman–Crippen MR) is 77.4 cm³/mol. The van der Waals surface area contributed by atoms with Crippen LogP contribution in [0, 0.1) is 10.1 Å². The van der Waals surface area contributed by atoms with Crippen molar-refractivity contribution in [2.45, 2.75) is 19.3 Å². The number of aromatic nitrogens is 1. The Bertz CT molecular complexity index is 449. The van der Waals surface area contributed by atoms with Gasteiger partial charge in [-0.3, -0.25) is 10.1 Å². The van der Waals surface area contributed by atoms with Crippen LogP contribution in [0.5, 0.6) is 0 Å². The molecule has 1 aliphatic rings. The molecule has 0 aromatic carbocycles. The number of pyridine rings is 1. The third-order valence-electron chi connectivity index (χ3n) is 3.17. The maximum absolute atomic E-state index is 10.9. The minimum atomic E-state index is -0.416. The van der Waals surface area contributed by atoms with Gasteiger partial charge < -0.3 is 10.2 Å². The van der Waals surface area contributed by atoms with Gasteiger partial charge in [-0.2, -0.15) is 0 Å². The summed E-state index contributed by atoms with van der Waals surface area (Å²) < 4.78 is 0.613. The van der Waals surface area contributed by atoms with E-state index in [-0.39, 0.29) is 5.69 Å². The zero-order valence-electron chi connectivity index (χ0n) is 10.6. The lowest BCUT2D eigenvalue weighted by molar-refractivity contribution is -0.384. The summed E-state index contributed by atoms with van der Waals surface area (Å²) in [5.41, 5.74) is 0.00977. The van der Waals surface area contributed by atoms with E-state index in [2.05, 4.69) is 31.1 Å². The van der Waals surface area contributed by atoms with Crippen LogP contribution < -0.4 is 5.32 Å². The van der Waals surface area contributed by atoms with Gasteiger partial charge in [0.2, 0.25) is 5.82 Å². The molecule has 104 valence electrons. The van der Waals surface area contributed by atoms with Gasteiger partial charge in [0.25, 0.3) is 0 Å². The maximum Gasteiger partial charge on any atom is 0.312 e. The van der Waals surface area contributed by atoms with Crippen LogP contribution in [0.1, 0.15) is 19.3 Å². The second kappa shape index (κ2) is 6.81. The Kier molecular flexibility index (Phi) is 5.09. The standard InChI is InChI=1S/C12H17BrN4O2/c13-10-8-11(17(18)19)12(15-9-10)14-4-3-7-16-5-1-2-6-16/h8-9H,1-7H2,(H,14,15). The first-order valence-electron chi connectivity index (χ1n) is 6.43. The molecule has 2 rings (SSSR count). The quantitative estimate of drug-likeness (QED) is 0.493. The lowest BCUT2D eigenvalue weighted by atomic mass is 10.3. The highest BCUT2D eigenvalue weighted by Crippen LogP contribution is 2.25. The molecule has 2 heterocycles. The molecule has 0 unspecified atom stereocenters. The van der Waals surface area contributed by atoms with Crippen molar-refractivity contribution in [2.75, 3.05) is 31.5 Å². The first-order valence-corrected chi connectivity index (χ1v) is 7.22. The van der Waals surface area contributed by atoms with Crippen molar-refractivity contribution in [3.8, 4) is 0 Å². The first-order chi connectivity index (χ1) is 9.16. The molecule has 0 aliphatic carbocycles. The molecule has 0 atom stereocenters. The average Bonchev–Trinajstić information content (AvgIpc) is 2.89. The molecule has 6 nitrogen and oxygen atoms in total. The van der Waals surface area contributed by atoms with Crippen molar-refractivity contribution in [3.63, 3.8) is 0 Å². The van der Waals surface area contributed by atoms with Gasteiger partial charge >= 0.3 is 5.69 Å². The van der Waals surface area contributed by atoms with Crippen LogP contribution in [0.15, 0.2) is 16.7 Å². The van der Waals surface area contributed by atoms with Crippen molar-refractivity contribution in [1.82, 2.24) is 9.88 Å². The molecule has 1 N–H and O–H groups in total. The highest BCUT2D eigenvalue weighted by molar-refractivity contribution is 9.10. The Morgan fingerprint density at radius 3 is 2.89 bits per heavy atom. The number of hydrogen-bond acceptors (Lipinski definition) is 5. The molecule has 0 spiro atoms. The molecule has 1 saturated heterocycles. The van der Waals surface area contributed by atoms with Crippen molar-refractivity contribution in [1.29, 1.82) is 0 Å². The fourth-order valence-corrected chi connectivity index (χ4v) is 2.54. The van der Waals surface area contributed by atoms with E-state index in [1.165, 1.54) is 32.0 Å². The van der Waals surface area contributed by atoms with E-state index >= 15 is 0 Å². The van der Waals surface area contributed by atoms with Crippen LogP contribution in [0.4, 0.5) is 11.5 Å². The molecule has 0 saturated carbocycles. The highest BCUT2D eigenvalue weighted by Gasteiger charge is 2.15. The Balaban J connectivity index is 1.83. The lowest BCUT2D eigenvalue weighted by Gasteiger charge is -2.14. The number of anilines is 1. The Labute approximate surface area is 120 Å². The monoisotopic (exact) mass is 328 g/mol. The summed E-state index contributed by atoms with van der Waals surface area (Å²) in [6, 6.07) is 1.47. The van der Waals surface area contributed by atoms with E-state index in [4.69, 9.17) is 0 Å². The summed E-state index contributed by atoms with van der Waals surface area (Å²) >= 11 is 3.19. The summed E-state index contributed by atoms with van der Waals surface area (Å²) in [5.74, 6) is 0.342. The fourth-order valence-electron chi connectivity index (χ4n) is 2.22. The van der Waals surface area contributed by atoms with E-state index in [0.29, 0.717) is 16.8 Å². The molecular formula is C12H17BrN4O2. The third-order valence-corrected chi connectivity index (χ3v) is 3.61. The van der Waals surface area contributed by atoms with Crippen LogP contribution in [0.3, 0.4) is 0 Å². The highest BCUT2D eigenvalue weighted by atomic mass is 79.9. The minimum Gasteiger partial charge on any atom is -0.364 e. The summed E-state index contributed by atoms with van der Waals surface area (Å²) in [6.45, 7) is 4.09. The summed E-state index contributed by atoms with van der Waals surface area (Å²) in [5, 5.41) is 14.0. The van der Waals surface area contributed by atoms with Crippen molar-refractivity contribution < 1.29 is 4.92 Å². The summed E-state index contributed by atoms with van der Waals surface area (Å²) in [6.07, 6.45) is 5.10. The number of nitrogens with zero attached hydrogens (tertiary/aromatic N) is 3. The van der Waals surface area contributed by atoms with Gasteiger partial charge in [0, 0.05) is 23.3 Å². The van der Waals surface area contributed by atoms with Crippen molar-refractivity contribution in [3.05, 3.63) is 26.9 Å². The van der Waals surface area contributed by atoms with E-state index in [0.717, 1.165) is 13.0 Å². The number of likely N-dealkylation sites (tertiary alicyclic amines) is 1. The number of rotatable bonds is 6. The van der Waals surface area contributed by atoms with E-state index in [1.54, 1.807) is 6.20 Å². The molecular weight excluding hydrogens is 312 g/mol. The average molecular weight is 329 g/mol. The number of nitrogens with one attached hydrogen (secondary N) is 1. The second-order valence-corrected chi connectivity index (χ2v) is 5.52. The van der Waals surface area contributed by atoms with Gasteiger partial charge in [0.05, 0.1) is 4.92 Å². The maximum atomic E-state index is 10.9. The number of halogens is 1. The SMILES string of the molecule is O=[N+]([O-])c1cc(Br)cnc1NCCCN1CCCC1. The van der Waals surface area contributed by atoms with Gasteiger partial charge in [-0.05, 0) is 54.8 Å². The van der Waals surface area contributed by atoms with Crippen LogP contribution in [0.25, 0.3) is 0 Å². The minimum absolute atomic E-state index is 0.00977. The van der Waals surface area contributed by atoms with Crippen LogP contribution in [-0.4, -0.2) is 41.0 Å². The summed E-state index contributed by atoms with van der Waals surface area (Å²) in [7, 11) is 0. The Morgan fingerprint density at radius 1 is 1.47 bits per heavy atom. The molecule has 1 fully saturated rings. The second-order valence-electron chi connectivity index (χ2n) is 4.61. The molecule has 1 aliphatic heterocycles. The normalized spacial score (nSPS) is 15.6. The van der Waals surface area contributed by atoms with Crippen LogP contribution >= 0.6 is 15.9 Å². The molecule has 1 aromatic rings. The topological polar surface area (TPSA) is 71.3 Å². The molecule has 19 heavy (non-hydrogen) atoms. The van der Waals surface area contributed by atoms with Crippen molar-refractivity contribution in [2.24, 2.45) is 0 Å². The van der Waals surface area contributed by atoms with Crippen molar-refractivity contribution >= 4 is 27.4 Å². The zero-order valence-corrected chi connectivity index (χ0v) is 12.2. The first kappa shape index (κ1) is 14.2.